The Morgan fingerprint density at radius 3 is 2.90 bits per heavy atom. The number of nitrogens with zero attached hydrogens (tertiary/aromatic N) is 1. The van der Waals surface area contributed by atoms with E-state index in [1.165, 1.54) is 17.8 Å². The van der Waals surface area contributed by atoms with Gasteiger partial charge in [0.2, 0.25) is 0 Å². The molecular weight excluding hydrogens is 276 g/mol. The lowest BCUT2D eigenvalue weighted by Crippen LogP contribution is -2.45. The highest BCUT2D eigenvalue weighted by Gasteiger charge is 2.21. The lowest BCUT2D eigenvalue weighted by Gasteiger charge is -2.29. The van der Waals surface area contributed by atoms with Crippen molar-refractivity contribution < 1.29 is 14.7 Å². The Kier molecular flexibility index (Phi) is 4.79. The first kappa shape index (κ1) is 14.6. The molecule has 5 nitrogen and oxygen atoms in total. The van der Waals surface area contributed by atoms with Crippen molar-refractivity contribution in [1.82, 2.24) is 10.2 Å². The van der Waals surface area contributed by atoms with Gasteiger partial charge >= 0.3 is 12.0 Å². The van der Waals surface area contributed by atoms with Crippen LogP contribution in [0.2, 0.25) is 0 Å². The molecule has 2 N–H and O–H groups in total. The number of amides is 2. The Labute approximate surface area is 121 Å². The largest absolute Gasteiger partial charge is 0.478 e. The highest BCUT2D eigenvalue weighted by Crippen LogP contribution is 2.19. The van der Waals surface area contributed by atoms with Crippen molar-refractivity contribution in [2.75, 3.05) is 7.05 Å². The second-order valence-corrected chi connectivity index (χ2v) is 5.91. The maximum atomic E-state index is 11.9. The third kappa shape index (κ3) is 4.09. The minimum absolute atomic E-state index is 0.0523. The van der Waals surface area contributed by atoms with E-state index in [0.29, 0.717) is 12.6 Å². The first-order valence-electron chi connectivity index (χ1n) is 6.54. The van der Waals surface area contributed by atoms with Gasteiger partial charge in [-0.2, -0.15) is 0 Å². The third-order valence-electron chi connectivity index (χ3n) is 3.26. The number of carbonyl (C=O) groups is 2. The topological polar surface area (TPSA) is 69.6 Å². The first-order valence-corrected chi connectivity index (χ1v) is 7.42. The molecule has 0 atom stereocenters. The van der Waals surface area contributed by atoms with Crippen LogP contribution < -0.4 is 5.32 Å². The molecule has 6 heteroatoms. The number of hydrogen-bond donors (Lipinski definition) is 2. The summed E-state index contributed by atoms with van der Waals surface area (Å²) in [4.78, 5) is 24.9. The molecule has 0 radical (unpaired) electrons. The minimum atomic E-state index is -0.961. The second-order valence-electron chi connectivity index (χ2n) is 4.96. The van der Waals surface area contributed by atoms with Gasteiger partial charge in [-0.3, -0.25) is 0 Å². The quantitative estimate of drug-likeness (QED) is 0.820. The lowest BCUT2D eigenvalue weighted by atomic mass is 9.93. The molecular formula is C14H18N2O3S. The van der Waals surface area contributed by atoms with Crippen molar-refractivity contribution in [3.8, 4) is 0 Å². The summed E-state index contributed by atoms with van der Waals surface area (Å²) in [5.74, 6) is -0.961. The van der Waals surface area contributed by atoms with Crippen LogP contribution in [0.1, 0.15) is 29.7 Å². The number of thiophene rings is 1. The SMILES string of the molecule is CN(Cc1csc(/C=C/C(=O)O)c1)C(=O)NC1CCC1. The van der Waals surface area contributed by atoms with E-state index >= 15 is 0 Å². The van der Waals surface area contributed by atoms with Gasteiger partial charge in [0, 0.05) is 30.6 Å². The number of carboxylic acid groups (broad SMARTS) is 1. The van der Waals surface area contributed by atoms with Gasteiger partial charge in [-0.15, -0.1) is 11.3 Å². The summed E-state index contributed by atoms with van der Waals surface area (Å²) in [6.45, 7) is 0.524. The molecule has 2 amide bonds. The van der Waals surface area contributed by atoms with Crippen molar-refractivity contribution in [3.63, 3.8) is 0 Å². The van der Waals surface area contributed by atoms with Crippen LogP contribution in [0.4, 0.5) is 4.79 Å². The summed E-state index contributed by atoms with van der Waals surface area (Å²) in [7, 11) is 1.76. The molecule has 1 saturated carbocycles. The molecule has 0 unspecified atom stereocenters. The Morgan fingerprint density at radius 1 is 1.55 bits per heavy atom. The monoisotopic (exact) mass is 294 g/mol. The van der Waals surface area contributed by atoms with Crippen molar-refractivity contribution in [1.29, 1.82) is 0 Å². The van der Waals surface area contributed by atoms with E-state index in [1.807, 2.05) is 11.4 Å². The summed E-state index contributed by atoms with van der Waals surface area (Å²) in [6, 6.07) is 2.18. The van der Waals surface area contributed by atoms with Crippen LogP contribution in [0.3, 0.4) is 0 Å². The number of carbonyl (C=O) groups excluding carboxylic acids is 1. The van der Waals surface area contributed by atoms with E-state index in [-0.39, 0.29) is 6.03 Å². The Balaban J connectivity index is 1.85. The molecule has 0 aromatic carbocycles. The smallest absolute Gasteiger partial charge is 0.328 e. The number of aliphatic carboxylic acids is 1. The molecule has 108 valence electrons. The van der Waals surface area contributed by atoms with Crippen LogP contribution >= 0.6 is 11.3 Å². The maximum absolute atomic E-state index is 11.9. The molecule has 0 aliphatic heterocycles. The third-order valence-corrected chi connectivity index (χ3v) is 4.21. The summed E-state index contributed by atoms with van der Waals surface area (Å²) in [5, 5.41) is 13.5. The fraction of sp³-hybridized carbons (Fsp3) is 0.429. The van der Waals surface area contributed by atoms with Crippen molar-refractivity contribution in [2.24, 2.45) is 0 Å². The highest BCUT2D eigenvalue weighted by atomic mass is 32.1. The molecule has 1 aliphatic carbocycles. The molecule has 1 fully saturated rings. The zero-order valence-corrected chi connectivity index (χ0v) is 12.2. The van der Waals surface area contributed by atoms with Crippen LogP contribution in [-0.4, -0.2) is 35.1 Å². The molecule has 1 aliphatic rings. The van der Waals surface area contributed by atoms with Crippen molar-refractivity contribution in [2.45, 2.75) is 31.8 Å². The number of hydrogen-bond acceptors (Lipinski definition) is 3. The second kappa shape index (κ2) is 6.56. The predicted octanol–water partition coefficient (Wildman–Crippen LogP) is 2.54. The molecule has 1 aromatic heterocycles. The number of urea groups is 1. The first-order chi connectivity index (χ1) is 9.54. The molecule has 1 heterocycles. The summed E-state index contributed by atoms with van der Waals surface area (Å²) >= 11 is 1.47. The fourth-order valence-corrected chi connectivity index (χ4v) is 2.70. The molecule has 20 heavy (non-hydrogen) atoms. The lowest BCUT2D eigenvalue weighted by molar-refractivity contribution is -0.131. The Hall–Kier alpha value is -1.82. The number of rotatable bonds is 5. The zero-order chi connectivity index (χ0) is 14.5. The van der Waals surface area contributed by atoms with E-state index in [9.17, 15) is 9.59 Å². The van der Waals surface area contributed by atoms with Crippen LogP contribution in [0.25, 0.3) is 6.08 Å². The van der Waals surface area contributed by atoms with E-state index < -0.39 is 5.97 Å². The average molecular weight is 294 g/mol. The summed E-state index contributed by atoms with van der Waals surface area (Å²) in [5.41, 5.74) is 1.01. The normalized spacial score (nSPS) is 15.1. The standard InChI is InChI=1S/C14H18N2O3S/c1-16(14(19)15-11-3-2-4-11)8-10-7-12(20-9-10)5-6-13(17)18/h5-7,9,11H,2-4,8H2,1H3,(H,15,19)(H,17,18)/b6-5+. The van der Waals surface area contributed by atoms with Crippen molar-refractivity contribution in [3.05, 3.63) is 28.0 Å². The van der Waals surface area contributed by atoms with E-state index in [4.69, 9.17) is 5.11 Å². The summed E-state index contributed by atoms with van der Waals surface area (Å²) < 4.78 is 0. The summed E-state index contributed by atoms with van der Waals surface area (Å²) in [6.07, 6.45) is 6.01. The molecule has 0 saturated heterocycles. The minimum Gasteiger partial charge on any atom is -0.478 e. The van der Waals surface area contributed by atoms with Crippen LogP contribution in [0, 0.1) is 0 Å². The van der Waals surface area contributed by atoms with Gasteiger partial charge in [-0.1, -0.05) is 0 Å². The van der Waals surface area contributed by atoms with Gasteiger partial charge in [0.15, 0.2) is 0 Å². The van der Waals surface area contributed by atoms with Gasteiger partial charge in [0.25, 0.3) is 0 Å². The van der Waals surface area contributed by atoms with Gasteiger partial charge in [-0.25, -0.2) is 9.59 Å². The van der Waals surface area contributed by atoms with Crippen LogP contribution in [0.15, 0.2) is 17.5 Å². The van der Waals surface area contributed by atoms with Crippen LogP contribution in [-0.2, 0) is 11.3 Å². The fourth-order valence-electron chi connectivity index (χ4n) is 1.90. The van der Waals surface area contributed by atoms with E-state index in [2.05, 4.69) is 5.32 Å². The Morgan fingerprint density at radius 2 is 2.30 bits per heavy atom. The highest BCUT2D eigenvalue weighted by molar-refractivity contribution is 7.11. The zero-order valence-electron chi connectivity index (χ0n) is 11.3. The van der Waals surface area contributed by atoms with Gasteiger partial charge in [-0.05, 0) is 42.3 Å². The molecule has 0 bridgehead atoms. The van der Waals surface area contributed by atoms with Gasteiger partial charge in [0.05, 0.1) is 0 Å². The van der Waals surface area contributed by atoms with Gasteiger partial charge < -0.3 is 15.3 Å². The van der Waals surface area contributed by atoms with Gasteiger partial charge in [0.1, 0.15) is 0 Å². The van der Waals surface area contributed by atoms with Crippen molar-refractivity contribution >= 4 is 29.4 Å². The molecule has 1 aromatic rings. The average Bonchev–Trinajstić information content (AvgIpc) is 2.78. The number of carboxylic acids is 1. The molecule has 2 rings (SSSR count). The van der Waals surface area contributed by atoms with Crippen LogP contribution in [0.5, 0.6) is 0 Å². The van der Waals surface area contributed by atoms with E-state index in [1.54, 1.807) is 18.0 Å². The van der Waals surface area contributed by atoms with E-state index in [0.717, 1.165) is 29.4 Å². The maximum Gasteiger partial charge on any atom is 0.328 e. The number of nitrogens with one attached hydrogen (secondary N) is 1. The predicted molar refractivity (Wildman–Crippen MR) is 78.6 cm³/mol. The molecule has 0 spiro atoms. The Bertz CT molecular complexity index is 520.